The van der Waals surface area contributed by atoms with Gasteiger partial charge in [0.25, 0.3) is 0 Å². The maximum absolute atomic E-state index is 10.4. The largest absolute Gasteiger partial charge is 0.495 e. The number of hydrogen-bond donors (Lipinski definition) is 1. The summed E-state index contributed by atoms with van der Waals surface area (Å²) >= 11 is 1.64. The summed E-state index contributed by atoms with van der Waals surface area (Å²) in [4.78, 5) is 6.27. The molecular weight excluding hydrogens is 258 g/mol. The summed E-state index contributed by atoms with van der Waals surface area (Å²) in [5.41, 5.74) is 0.858. The Morgan fingerprint density at radius 2 is 2.00 bits per heavy atom. The minimum absolute atomic E-state index is 0.106. The summed E-state index contributed by atoms with van der Waals surface area (Å²) in [7, 11) is 1.59. The molecule has 0 bridgehead atoms. The maximum atomic E-state index is 10.4. The SMILES string of the molecule is COc1cncc(C(O)c2ccc(C(C)(C)C)s2)c1. The standard InChI is InChI=1S/C15H19NO2S/c1-15(2,3)13-6-5-12(19-13)14(17)10-7-11(18-4)9-16-8-10/h5-9,14,17H,1-4H3. The Morgan fingerprint density at radius 1 is 1.26 bits per heavy atom. The number of methoxy groups -OCH3 is 1. The van der Waals surface area contributed by atoms with Gasteiger partial charge >= 0.3 is 0 Å². The molecule has 0 saturated heterocycles. The Kier molecular flexibility index (Phi) is 3.92. The van der Waals surface area contributed by atoms with Crippen molar-refractivity contribution in [3.63, 3.8) is 0 Å². The highest BCUT2D eigenvalue weighted by Gasteiger charge is 2.20. The number of rotatable bonds is 3. The van der Waals surface area contributed by atoms with Crippen LogP contribution < -0.4 is 4.74 Å². The van der Waals surface area contributed by atoms with Gasteiger partial charge in [-0.15, -0.1) is 11.3 Å². The van der Waals surface area contributed by atoms with Gasteiger partial charge in [0.05, 0.1) is 13.3 Å². The lowest BCUT2D eigenvalue weighted by Crippen LogP contribution is -2.07. The molecule has 0 radical (unpaired) electrons. The molecule has 0 aliphatic heterocycles. The van der Waals surface area contributed by atoms with Gasteiger partial charge in [0.2, 0.25) is 0 Å². The molecule has 2 aromatic heterocycles. The highest BCUT2D eigenvalue weighted by atomic mass is 32.1. The molecule has 2 rings (SSSR count). The number of aliphatic hydroxyl groups is 1. The van der Waals surface area contributed by atoms with Crippen molar-refractivity contribution in [3.05, 3.63) is 45.9 Å². The van der Waals surface area contributed by atoms with Gasteiger partial charge < -0.3 is 9.84 Å². The molecule has 0 amide bonds. The van der Waals surface area contributed by atoms with Crippen LogP contribution in [0, 0.1) is 0 Å². The van der Waals surface area contributed by atoms with Crippen molar-refractivity contribution in [1.29, 1.82) is 0 Å². The third kappa shape index (κ3) is 3.14. The molecule has 2 heterocycles. The van der Waals surface area contributed by atoms with E-state index < -0.39 is 6.10 Å². The van der Waals surface area contributed by atoms with Gasteiger partial charge in [-0.3, -0.25) is 4.98 Å². The highest BCUT2D eigenvalue weighted by molar-refractivity contribution is 7.12. The topological polar surface area (TPSA) is 42.4 Å². The van der Waals surface area contributed by atoms with Gasteiger partial charge in [-0.2, -0.15) is 0 Å². The zero-order valence-electron chi connectivity index (χ0n) is 11.7. The average molecular weight is 277 g/mol. The Morgan fingerprint density at radius 3 is 2.58 bits per heavy atom. The van der Waals surface area contributed by atoms with Crippen molar-refractivity contribution in [3.8, 4) is 5.75 Å². The van der Waals surface area contributed by atoms with Crippen LogP contribution in [-0.4, -0.2) is 17.2 Å². The zero-order chi connectivity index (χ0) is 14.0. The second-order valence-corrected chi connectivity index (χ2v) is 6.63. The van der Waals surface area contributed by atoms with Gasteiger partial charge in [0, 0.05) is 21.5 Å². The first-order valence-corrected chi connectivity index (χ1v) is 7.00. The monoisotopic (exact) mass is 277 g/mol. The number of pyridine rings is 1. The molecule has 19 heavy (non-hydrogen) atoms. The molecule has 3 nitrogen and oxygen atoms in total. The van der Waals surface area contributed by atoms with Crippen LogP contribution in [0.15, 0.2) is 30.6 Å². The molecule has 0 fully saturated rings. The number of hydrogen-bond acceptors (Lipinski definition) is 4. The lowest BCUT2D eigenvalue weighted by Gasteiger charge is -2.15. The summed E-state index contributed by atoms with van der Waals surface area (Å²) < 4.78 is 5.13. The molecule has 4 heteroatoms. The Labute approximate surface area is 117 Å². The van der Waals surface area contributed by atoms with E-state index in [1.165, 1.54) is 4.88 Å². The van der Waals surface area contributed by atoms with E-state index in [9.17, 15) is 5.11 Å². The van der Waals surface area contributed by atoms with Crippen molar-refractivity contribution in [2.24, 2.45) is 0 Å². The molecule has 0 aromatic carbocycles. The van der Waals surface area contributed by atoms with E-state index >= 15 is 0 Å². The molecular formula is C15H19NO2S. The molecule has 0 aliphatic rings. The minimum Gasteiger partial charge on any atom is -0.495 e. The van der Waals surface area contributed by atoms with Crippen LogP contribution in [0.4, 0.5) is 0 Å². The van der Waals surface area contributed by atoms with Crippen LogP contribution in [0.2, 0.25) is 0 Å². The summed E-state index contributed by atoms with van der Waals surface area (Å²) in [6, 6.07) is 5.88. The predicted octanol–water partition coefficient (Wildman–Crippen LogP) is 3.53. The van der Waals surface area contributed by atoms with Gasteiger partial charge in [-0.1, -0.05) is 20.8 Å². The van der Waals surface area contributed by atoms with E-state index in [-0.39, 0.29) is 5.41 Å². The maximum Gasteiger partial charge on any atom is 0.137 e. The molecule has 1 atom stereocenters. The normalized spacial score (nSPS) is 13.3. The van der Waals surface area contributed by atoms with E-state index in [2.05, 4.69) is 31.8 Å². The Hall–Kier alpha value is -1.39. The quantitative estimate of drug-likeness (QED) is 0.933. The Bertz CT molecular complexity index is 557. The number of thiophene rings is 1. The molecule has 102 valence electrons. The van der Waals surface area contributed by atoms with Crippen molar-refractivity contribution in [1.82, 2.24) is 4.98 Å². The van der Waals surface area contributed by atoms with E-state index in [1.54, 1.807) is 30.8 Å². The molecule has 0 spiro atoms. The fraction of sp³-hybridized carbons (Fsp3) is 0.400. The van der Waals surface area contributed by atoms with E-state index in [4.69, 9.17) is 4.74 Å². The summed E-state index contributed by atoms with van der Waals surface area (Å²) in [6.07, 6.45) is 2.65. The van der Waals surface area contributed by atoms with Gasteiger partial charge in [0.15, 0.2) is 0 Å². The zero-order valence-corrected chi connectivity index (χ0v) is 12.5. The molecule has 1 N–H and O–H groups in total. The van der Waals surface area contributed by atoms with E-state index in [0.717, 1.165) is 10.4 Å². The van der Waals surface area contributed by atoms with Crippen molar-refractivity contribution in [2.75, 3.05) is 7.11 Å². The van der Waals surface area contributed by atoms with Crippen LogP contribution in [0.3, 0.4) is 0 Å². The predicted molar refractivity (Wildman–Crippen MR) is 77.9 cm³/mol. The number of aromatic nitrogens is 1. The number of aliphatic hydroxyl groups excluding tert-OH is 1. The fourth-order valence-electron chi connectivity index (χ4n) is 1.76. The van der Waals surface area contributed by atoms with Crippen LogP contribution in [0.5, 0.6) is 5.75 Å². The second-order valence-electron chi connectivity index (χ2n) is 5.51. The van der Waals surface area contributed by atoms with Crippen LogP contribution in [0.25, 0.3) is 0 Å². The lowest BCUT2D eigenvalue weighted by atomic mass is 9.95. The molecule has 0 saturated carbocycles. The van der Waals surface area contributed by atoms with E-state index in [1.807, 2.05) is 12.1 Å². The summed E-state index contributed by atoms with van der Waals surface area (Å²) in [5.74, 6) is 0.657. The third-order valence-electron chi connectivity index (χ3n) is 2.92. The van der Waals surface area contributed by atoms with Crippen LogP contribution in [0.1, 0.15) is 42.2 Å². The number of nitrogens with zero attached hydrogens (tertiary/aromatic N) is 1. The Balaban J connectivity index is 2.28. The van der Waals surface area contributed by atoms with Crippen molar-refractivity contribution in [2.45, 2.75) is 32.3 Å². The van der Waals surface area contributed by atoms with Gasteiger partial charge in [-0.25, -0.2) is 0 Å². The van der Waals surface area contributed by atoms with Crippen molar-refractivity contribution < 1.29 is 9.84 Å². The molecule has 2 aromatic rings. The third-order valence-corrected chi connectivity index (χ3v) is 4.48. The first-order chi connectivity index (χ1) is 8.91. The van der Waals surface area contributed by atoms with Crippen LogP contribution in [-0.2, 0) is 5.41 Å². The molecule has 0 aliphatic carbocycles. The minimum atomic E-state index is -0.649. The smallest absolute Gasteiger partial charge is 0.137 e. The average Bonchev–Trinajstić information content (AvgIpc) is 2.87. The van der Waals surface area contributed by atoms with Crippen molar-refractivity contribution >= 4 is 11.3 Å². The second kappa shape index (κ2) is 5.31. The number of ether oxygens (including phenoxy) is 1. The fourth-order valence-corrected chi connectivity index (χ4v) is 2.84. The lowest BCUT2D eigenvalue weighted by molar-refractivity contribution is 0.223. The first-order valence-electron chi connectivity index (χ1n) is 6.19. The summed E-state index contributed by atoms with van der Waals surface area (Å²) in [6.45, 7) is 6.51. The summed E-state index contributed by atoms with van der Waals surface area (Å²) in [5, 5.41) is 10.4. The van der Waals surface area contributed by atoms with Gasteiger partial charge in [0.1, 0.15) is 11.9 Å². The van der Waals surface area contributed by atoms with Gasteiger partial charge in [-0.05, 0) is 23.6 Å². The molecule has 1 unspecified atom stereocenters. The first kappa shape index (κ1) is 14.0. The van der Waals surface area contributed by atoms with Crippen LogP contribution >= 0.6 is 11.3 Å². The highest BCUT2D eigenvalue weighted by Crippen LogP contribution is 2.34. The van der Waals surface area contributed by atoms with E-state index in [0.29, 0.717) is 5.75 Å².